The Morgan fingerprint density at radius 2 is 2.06 bits per heavy atom. The minimum absolute atomic E-state index is 0.00878. The smallest absolute Gasteiger partial charge is 0.230 e. The third kappa shape index (κ3) is 4.60. The number of piperidine rings is 1. The minimum atomic E-state index is -0.0522. The van der Waals surface area contributed by atoms with E-state index in [1.165, 1.54) is 0 Å². The van der Waals surface area contributed by atoms with E-state index in [-0.39, 0.29) is 18.2 Å². The Kier molecular flexibility index (Phi) is 5.21. The maximum Gasteiger partial charge on any atom is 0.230 e. The van der Waals surface area contributed by atoms with Crippen LogP contribution in [0.4, 0.5) is 0 Å². The molecule has 0 radical (unpaired) electrons. The first-order valence-electron chi connectivity index (χ1n) is 5.91. The molecular weight excluding hydrogens is 220 g/mol. The van der Waals surface area contributed by atoms with Crippen LogP contribution >= 0.6 is 0 Å². The van der Waals surface area contributed by atoms with Crippen LogP contribution in [0.5, 0.6) is 0 Å². The van der Waals surface area contributed by atoms with Gasteiger partial charge in [-0.1, -0.05) is 5.16 Å². The van der Waals surface area contributed by atoms with Gasteiger partial charge < -0.3 is 20.7 Å². The standard InChI is InChI=1S/C11H22N4O2/c1-14(2)8-9-3-5-15(6-4-9)11(16)7-10(12)13-17/h9,17H,3-8H2,1-2H3,(H2,12,13). The summed E-state index contributed by atoms with van der Waals surface area (Å²) in [5.74, 6) is 0.590. The number of nitrogens with two attached hydrogens (primary N) is 1. The molecule has 1 heterocycles. The lowest BCUT2D eigenvalue weighted by molar-refractivity contribution is -0.131. The van der Waals surface area contributed by atoms with E-state index in [0.29, 0.717) is 5.92 Å². The highest BCUT2D eigenvalue weighted by Crippen LogP contribution is 2.18. The third-order valence-corrected chi connectivity index (χ3v) is 3.05. The van der Waals surface area contributed by atoms with Crippen LogP contribution in [0.2, 0.25) is 0 Å². The molecule has 0 saturated carbocycles. The van der Waals surface area contributed by atoms with E-state index in [2.05, 4.69) is 24.2 Å². The largest absolute Gasteiger partial charge is 0.409 e. The number of hydrogen-bond acceptors (Lipinski definition) is 4. The average Bonchev–Trinajstić information content (AvgIpc) is 2.28. The number of hydrogen-bond donors (Lipinski definition) is 2. The molecule has 6 heteroatoms. The van der Waals surface area contributed by atoms with Gasteiger partial charge in [0.25, 0.3) is 0 Å². The average molecular weight is 242 g/mol. The summed E-state index contributed by atoms with van der Waals surface area (Å²) in [6.07, 6.45) is 2.06. The van der Waals surface area contributed by atoms with Crippen LogP contribution in [-0.4, -0.2) is 60.5 Å². The van der Waals surface area contributed by atoms with E-state index < -0.39 is 0 Å². The molecule has 0 unspecified atom stereocenters. The Bertz CT molecular complexity index is 283. The van der Waals surface area contributed by atoms with Gasteiger partial charge in [-0.2, -0.15) is 0 Å². The van der Waals surface area contributed by atoms with Crippen LogP contribution in [0.15, 0.2) is 5.16 Å². The van der Waals surface area contributed by atoms with Crippen molar-refractivity contribution in [1.29, 1.82) is 0 Å². The van der Waals surface area contributed by atoms with Crippen molar-refractivity contribution in [1.82, 2.24) is 9.80 Å². The fraction of sp³-hybridized carbons (Fsp3) is 0.818. The summed E-state index contributed by atoms with van der Waals surface area (Å²) in [4.78, 5) is 15.7. The normalized spacial score (nSPS) is 18.8. The molecule has 0 aromatic rings. The molecule has 0 aliphatic carbocycles. The quantitative estimate of drug-likeness (QED) is 0.313. The predicted molar refractivity (Wildman–Crippen MR) is 65.9 cm³/mol. The Balaban J connectivity index is 2.34. The topological polar surface area (TPSA) is 82.2 Å². The molecule has 1 amide bonds. The summed E-state index contributed by atoms with van der Waals surface area (Å²) >= 11 is 0. The number of oxime groups is 1. The molecule has 1 aliphatic rings. The van der Waals surface area contributed by atoms with E-state index in [9.17, 15) is 4.79 Å². The predicted octanol–water partition coefficient (Wildman–Crippen LogP) is -0.0769. The molecule has 0 aromatic heterocycles. The van der Waals surface area contributed by atoms with Crippen molar-refractivity contribution in [3.05, 3.63) is 0 Å². The van der Waals surface area contributed by atoms with E-state index in [4.69, 9.17) is 10.9 Å². The van der Waals surface area contributed by atoms with Crippen molar-refractivity contribution in [2.75, 3.05) is 33.7 Å². The van der Waals surface area contributed by atoms with Gasteiger partial charge in [0.2, 0.25) is 5.91 Å². The van der Waals surface area contributed by atoms with E-state index in [0.717, 1.165) is 32.5 Å². The molecule has 98 valence electrons. The highest BCUT2D eigenvalue weighted by atomic mass is 16.4. The first-order valence-corrected chi connectivity index (χ1v) is 5.91. The van der Waals surface area contributed by atoms with Gasteiger partial charge in [-0.3, -0.25) is 4.79 Å². The Labute approximate surface area is 102 Å². The summed E-state index contributed by atoms with van der Waals surface area (Å²) in [5, 5.41) is 11.2. The molecule has 17 heavy (non-hydrogen) atoms. The molecule has 3 N–H and O–H groups in total. The Morgan fingerprint density at radius 3 is 2.53 bits per heavy atom. The molecule has 0 aromatic carbocycles. The second kappa shape index (κ2) is 6.44. The molecule has 0 spiro atoms. The van der Waals surface area contributed by atoms with Crippen molar-refractivity contribution in [2.24, 2.45) is 16.8 Å². The summed E-state index contributed by atoms with van der Waals surface area (Å²) in [7, 11) is 4.13. The maximum atomic E-state index is 11.7. The van der Waals surface area contributed by atoms with Gasteiger partial charge in [0, 0.05) is 19.6 Å². The van der Waals surface area contributed by atoms with Crippen molar-refractivity contribution < 1.29 is 10.0 Å². The van der Waals surface area contributed by atoms with Crippen LogP contribution in [0.25, 0.3) is 0 Å². The van der Waals surface area contributed by atoms with E-state index in [1.54, 1.807) is 4.90 Å². The van der Waals surface area contributed by atoms with E-state index in [1.807, 2.05) is 0 Å². The van der Waals surface area contributed by atoms with Crippen LogP contribution < -0.4 is 5.73 Å². The molecular formula is C11H22N4O2. The highest BCUT2D eigenvalue weighted by molar-refractivity contribution is 5.98. The maximum absolute atomic E-state index is 11.7. The first kappa shape index (κ1) is 13.8. The summed E-state index contributed by atoms with van der Waals surface area (Å²) < 4.78 is 0. The zero-order valence-corrected chi connectivity index (χ0v) is 10.6. The van der Waals surface area contributed by atoms with Crippen molar-refractivity contribution >= 4 is 11.7 Å². The van der Waals surface area contributed by atoms with Gasteiger partial charge in [0.1, 0.15) is 5.84 Å². The molecule has 0 bridgehead atoms. The second-order valence-electron chi connectivity index (χ2n) is 4.85. The lowest BCUT2D eigenvalue weighted by Crippen LogP contribution is -2.41. The SMILES string of the molecule is CN(C)CC1CCN(C(=O)CC(N)=NO)CC1. The van der Waals surface area contributed by atoms with Crippen molar-refractivity contribution in [3.8, 4) is 0 Å². The van der Waals surface area contributed by atoms with Crippen LogP contribution in [-0.2, 0) is 4.79 Å². The fourth-order valence-electron chi connectivity index (χ4n) is 2.18. The van der Waals surface area contributed by atoms with Gasteiger partial charge >= 0.3 is 0 Å². The van der Waals surface area contributed by atoms with Gasteiger partial charge in [0.05, 0.1) is 6.42 Å². The second-order valence-corrected chi connectivity index (χ2v) is 4.85. The summed E-state index contributed by atoms with van der Waals surface area (Å²) in [6, 6.07) is 0. The van der Waals surface area contributed by atoms with E-state index >= 15 is 0 Å². The third-order valence-electron chi connectivity index (χ3n) is 3.05. The van der Waals surface area contributed by atoms with Crippen molar-refractivity contribution in [2.45, 2.75) is 19.3 Å². The molecule has 1 aliphatic heterocycles. The lowest BCUT2D eigenvalue weighted by atomic mass is 9.96. The number of likely N-dealkylation sites (tertiary alicyclic amines) is 1. The summed E-state index contributed by atoms with van der Waals surface area (Å²) in [5.41, 5.74) is 5.32. The van der Waals surface area contributed by atoms with Gasteiger partial charge in [-0.25, -0.2) is 0 Å². The molecule has 1 saturated heterocycles. The highest BCUT2D eigenvalue weighted by Gasteiger charge is 2.23. The number of carbonyl (C=O) groups is 1. The number of rotatable bonds is 4. The monoisotopic (exact) mass is 242 g/mol. The zero-order chi connectivity index (χ0) is 12.8. The van der Waals surface area contributed by atoms with Crippen LogP contribution in [0.3, 0.4) is 0 Å². The molecule has 0 atom stereocenters. The lowest BCUT2D eigenvalue weighted by Gasteiger charge is -2.33. The number of amides is 1. The molecule has 6 nitrogen and oxygen atoms in total. The van der Waals surface area contributed by atoms with Crippen molar-refractivity contribution in [3.63, 3.8) is 0 Å². The molecule has 1 fully saturated rings. The minimum Gasteiger partial charge on any atom is -0.409 e. The van der Waals surface area contributed by atoms with Gasteiger partial charge in [-0.05, 0) is 32.9 Å². The summed E-state index contributed by atoms with van der Waals surface area (Å²) in [6.45, 7) is 2.62. The van der Waals surface area contributed by atoms with Crippen LogP contribution in [0.1, 0.15) is 19.3 Å². The van der Waals surface area contributed by atoms with Crippen LogP contribution in [0, 0.1) is 5.92 Å². The number of nitrogens with zero attached hydrogens (tertiary/aromatic N) is 3. The Morgan fingerprint density at radius 1 is 1.47 bits per heavy atom. The zero-order valence-electron chi connectivity index (χ0n) is 10.6. The van der Waals surface area contributed by atoms with Gasteiger partial charge in [-0.15, -0.1) is 0 Å². The number of amidine groups is 1. The van der Waals surface area contributed by atoms with Gasteiger partial charge in [0.15, 0.2) is 0 Å². The Hall–Kier alpha value is -1.30. The fourth-order valence-corrected chi connectivity index (χ4v) is 2.18. The molecule has 1 rings (SSSR count). The number of carbonyl (C=O) groups excluding carboxylic acids is 1. The first-order chi connectivity index (χ1) is 8.02.